The van der Waals surface area contributed by atoms with Crippen LogP contribution in [0.1, 0.15) is 23.2 Å². The first-order chi connectivity index (χ1) is 13.2. The number of nitrogens with one attached hydrogen (secondary N) is 1. The molecule has 2 amide bonds. The fourth-order valence-electron chi connectivity index (χ4n) is 3.23. The fourth-order valence-corrected chi connectivity index (χ4v) is 4.19. The highest BCUT2D eigenvalue weighted by Gasteiger charge is 2.29. The predicted molar refractivity (Wildman–Crippen MR) is 115 cm³/mol. The summed E-state index contributed by atoms with van der Waals surface area (Å²) in [5.41, 5.74) is 6.15. The first kappa shape index (κ1) is 22.3. The third kappa shape index (κ3) is 5.74. The summed E-state index contributed by atoms with van der Waals surface area (Å²) < 4.78 is 0. The third-order valence-corrected chi connectivity index (χ3v) is 5.70. The zero-order chi connectivity index (χ0) is 19.1. The van der Waals surface area contributed by atoms with Gasteiger partial charge in [-0.15, -0.1) is 12.4 Å². The molecule has 2 aromatic carbocycles. The lowest BCUT2D eigenvalue weighted by Gasteiger charge is -2.32. The van der Waals surface area contributed by atoms with Gasteiger partial charge < -0.3 is 16.0 Å². The second-order valence-electron chi connectivity index (χ2n) is 6.58. The third-order valence-electron chi connectivity index (χ3n) is 4.61. The van der Waals surface area contributed by atoms with Gasteiger partial charge in [-0.3, -0.25) is 9.59 Å². The summed E-state index contributed by atoms with van der Waals surface area (Å²) in [4.78, 5) is 29.2. The van der Waals surface area contributed by atoms with Crippen molar-refractivity contribution in [2.24, 2.45) is 11.7 Å². The van der Waals surface area contributed by atoms with Crippen LogP contribution in [0.2, 0.25) is 0 Å². The van der Waals surface area contributed by atoms with Gasteiger partial charge in [0.1, 0.15) is 0 Å². The van der Waals surface area contributed by atoms with Gasteiger partial charge in [0.2, 0.25) is 5.91 Å². The van der Waals surface area contributed by atoms with Crippen LogP contribution in [0.15, 0.2) is 64.4 Å². The Morgan fingerprint density at radius 1 is 1.11 bits per heavy atom. The van der Waals surface area contributed by atoms with Gasteiger partial charge in [-0.05, 0) is 37.1 Å². The summed E-state index contributed by atoms with van der Waals surface area (Å²) in [6.07, 6.45) is 1.64. The van der Waals surface area contributed by atoms with Crippen LogP contribution in [-0.2, 0) is 4.79 Å². The van der Waals surface area contributed by atoms with E-state index in [-0.39, 0.29) is 30.1 Å². The number of benzene rings is 2. The zero-order valence-electron chi connectivity index (χ0n) is 15.7. The van der Waals surface area contributed by atoms with Crippen molar-refractivity contribution < 1.29 is 9.59 Å². The van der Waals surface area contributed by atoms with Crippen molar-refractivity contribution in [2.75, 3.05) is 26.2 Å². The molecule has 3 N–H and O–H groups in total. The lowest BCUT2D eigenvalue weighted by Crippen LogP contribution is -2.46. The maximum Gasteiger partial charge on any atom is 0.255 e. The molecular weight excluding hydrogens is 394 g/mol. The van der Waals surface area contributed by atoms with E-state index < -0.39 is 0 Å². The van der Waals surface area contributed by atoms with E-state index in [0.717, 1.165) is 22.6 Å². The Morgan fingerprint density at radius 3 is 2.57 bits per heavy atom. The highest BCUT2D eigenvalue weighted by molar-refractivity contribution is 7.99. The summed E-state index contributed by atoms with van der Waals surface area (Å²) in [7, 11) is 0. The standard InChI is InChI=1S/C21H25N3O2S.ClH/c22-12-13-23-20(25)16-7-6-14-24(15-16)21(26)18-10-4-5-11-19(18)27-17-8-2-1-3-9-17;/h1-5,8-11,16H,6-7,12-15,22H2,(H,23,25);1H. The van der Waals surface area contributed by atoms with E-state index >= 15 is 0 Å². The van der Waals surface area contributed by atoms with Gasteiger partial charge in [0.25, 0.3) is 5.91 Å². The van der Waals surface area contributed by atoms with Crippen LogP contribution in [0, 0.1) is 5.92 Å². The van der Waals surface area contributed by atoms with Crippen molar-refractivity contribution in [1.29, 1.82) is 0 Å². The van der Waals surface area contributed by atoms with Gasteiger partial charge in [0.15, 0.2) is 0 Å². The Kier molecular flexibility index (Phi) is 8.83. The SMILES string of the molecule is Cl.NCCNC(=O)C1CCCN(C(=O)c2ccccc2Sc2ccccc2)C1. The van der Waals surface area contributed by atoms with Gasteiger partial charge in [0, 0.05) is 36.0 Å². The minimum absolute atomic E-state index is 0. The zero-order valence-corrected chi connectivity index (χ0v) is 17.3. The number of halogens is 1. The number of carbonyl (C=O) groups is 2. The van der Waals surface area contributed by atoms with Crippen molar-refractivity contribution in [3.8, 4) is 0 Å². The monoisotopic (exact) mass is 419 g/mol. The Balaban J connectivity index is 0.00000280. The molecule has 0 spiro atoms. The van der Waals surface area contributed by atoms with Gasteiger partial charge in [0.05, 0.1) is 11.5 Å². The van der Waals surface area contributed by atoms with Crippen LogP contribution >= 0.6 is 24.2 Å². The lowest BCUT2D eigenvalue weighted by molar-refractivity contribution is -0.126. The largest absolute Gasteiger partial charge is 0.355 e. The minimum atomic E-state index is -0.164. The highest BCUT2D eigenvalue weighted by atomic mass is 35.5. The molecule has 1 unspecified atom stereocenters. The van der Waals surface area contributed by atoms with Crippen molar-refractivity contribution in [3.05, 3.63) is 60.2 Å². The maximum absolute atomic E-state index is 13.2. The molecule has 150 valence electrons. The van der Waals surface area contributed by atoms with E-state index in [1.165, 1.54) is 0 Å². The van der Waals surface area contributed by atoms with E-state index in [1.54, 1.807) is 16.7 Å². The Labute approximate surface area is 176 Å². The summed E-state index contributed by atoms with van der Waals surface area (Å²) >= 11 is 1.58. The Hall–Kier alpha value is -2.02. The summed E-state index contributed by atoms with van der Waals surface area (Å²) in [5, 5.41) is 2.84. The number of rotatable bonds is 6. The molecule has 1 saturated heterocycles. The molecule has 0 aromatic heterocycles. The molecular formula is C21H26ClN3O2S. The van der Waals surface area contributed by atoms with E-state index in [0.29, 0.717) is 31.7 Å². The smallest absolute Gasteiger partial charge is 0.255 e. The Morgan fingerprint density at radius 2 is 1.82 bits per heavy atom. The van der Waals surface area contributed by atoms with Gasteiger partial charge in [-0.25, -0.2) is 0 Å². The molecule has 28 heavy (non-hydrogen) atoms. The molecule has 1 heterocycles. The van der Waals surface area contributed by atoms with Crippen molar-refractivity contribution in [3.63, 3.8) is 0 Å². The minimum Gasteiger partial charge on any atom is -0.355 e. The Bertz CT molecular complexity index is 788. The topological polar surface area (TPSA) is 75.4 Å². The molecule has 7 heteroatoms. The van der Waals surface area contributed by atoms with Crippen molar-refractivity contribution in [2.45, 2.75) is 22.6 Å². The van der Waals surface area contributed by atoms with E-state index in [9.17, 15) is 9.59 Å². The molecule has 0 saturated carbocycles. The van der Waals surface area contributed by atoms with E-state index in [1.807, 2.05) is 54.6 Å². The molecule has 0 bridgehead atoms. The van der Waals surface area contributed by atoms with E-state index in [4.69, 9.17) is 5.73 Å². The van der Waals surface area contributed by atoms with Crippen LogP contribution in [0.4, 0.5) is 0 Å². The normalized spacial score (nSPS) is 16.2. The van der Waals surface area contributed by atoms with Gasteiger partial charge in [-0.2, -0.15) is 0 Å². The second-order valence-corrected chi connectivity index (χ2v) is 7.70. The van der Waals surface area contributed by atoms with Crippen LogP contribution in [-0.4, -0.2) is 42.9 Å². The molecule has 1 aliphatic heterocycles. The number of likely N-dealkylation sites (tertiary alicyclic amines) is 1. The molecule has 5 nitrogen and oxygen atoms in total. The molecule has 1 atom stereocenters. The van der Waals surface area contributed by atoms with Crippen molar-refractivity contribution in [1.82, 2.24) is 10.2 Å². The number of nitrogens with zero attached hydrogens (tertiary/aromatic N) is 1. The molecule has 3 rings (SSSR count). The molecule has 2 aromatic rings. The van der Waals surface area contributed by atoms with Crippen LogP contribution in [0.25, 0.3) is 0 Å². The number of amides is 2. The maximum atomic E-state index is 13.2. The molecule has 1 fully saturated rings. The summed E-state index contributed by atoms with van der Waals surface area (Å²) in [6.45, 7) is 2.04. The first-order valence-electron chi connectivity index (χ1n) is 9.28. The average Bonchev–Trinajstić information content (AvgIpc) is 2.73. The highest BCUT2D eigenvalue weighted by Crippen LogP contribution is 2.31. The number of piperidine rings is 1. The van der Waals surface area contributed by atoms with Crippen LogP contribution in [0.5, 0.6) is 0 Å². The van der Waals surface area contributed by atoms with E-state index in [2.05, 4.69) is 5.32 Å². The van der Waals surface area contributed by atoms with Gasteiger partial charge >= 0.3 is 0 Å². The average molecular weight is 420 g/mol. The number of hydrogen-bond acceptors (Lipinski definition) is 4. The summed E-state index contributed by atoms with van der Waals surface area (Å²) in [6, 6.07) is 17.7. The van der Waals surface area contributed by atoms with Gasteiger partial charge in [-0.1, -0.05) is 42.1 Å². The second kappa shape index (κ2) is 11.1. The van der Waals surface area contributed by atoms with Crippen LogP contribution in [0.3, 0.4) is 0 Å². The fraction of sp³-hybridized carbons (Fsp3) is 0.333. The predicted octanol–water partition coefficient (Wildman–Crippen LogP) is 3.19. The lowest BCUT2D eigenvalue weighted by atomic mass is 9.96. The summed E-state index contributed by atoms with van der Waals surface area (Å²) in [5.74, 6) is -0.182. The first-order valence-corrected chi connectivity index (χ1v) is 10.1. The molecule has 0 radical (unpaired) electrons. The number of carbonyl (C=O) groups excluding carboxylic acids is 2. The van der Waals surface area contributed by atoms with Crippen molar-refractivity contribution >= 4 is 36.0 Å². The molecule has 0 aliphatic carbocycles. The molecule has 1 aliphatic rings. The number of hydrogen-bond donors (Lipinski definition) is 2. The number of nitrogens with two attached hydrogens (primary N) is 1. The quantitative estimate of drug-likeness (QED) is 0.753. The van der Waals surface area contributed by atoms with Crippen LogP contribution < -0.4 is 11.1 Å².